The fraction of sp³-hybridized carbons (Fsp3) is 0.468. The van der Waals surface area contributed by atoms with Crippen molar-refractivity contribution in [3.05, 3.63) is 69.6 Å². The first-order valence-corrected chi connectivity index (χ1v) is 21.1. The van der Waals surface area contributed by atoms with Gasteiger partial charge in [0.25, 0.3) is 11.7 Å². The van der Waals surface area contributed by atoms with Gasteiger partial charge in [-0.1, -0.05) is 45.9 Å². The van der Waals surface area contributed by atoms with Crippen LogP contribution in [0.1, 0.15) is 64.4 Å². The van der Waals surface area contributed by atoms with Crippen molar-refractivity contribution in [3.8, 4) is 23.0 Å². The van der Waals surface area contributed by atoms with E-state index >= 15 is 0 Å². The molecule has 9 atom stereocenters. The monoisotopic (exact) mass is 868 g/mol. The fourth-order valence-electron chi connectivity index (χ4n) is 8.98. The number of aliphatic hydroxyl groups excluding tert-OH is 2. The van der Waals surface area contributed by atoms with Crippen LogP contribution in [-0.4, -0.2) is 102 Å². The number of nitrogens with zero attached hydrogens (tertiary/aromatic N) is 3. The Balaban J connectivity index is 1.46. The zero-order chi connectivity index (χ0) is 46.0. The fourth-order valence-corrected chi connectivity index (χ4v) is 8.98. The third kappa shape index (κ3) is 7.78. The van der Waals surface area contributed by atoms with Gasteiger partial charge >= 0.3 is 11.8 Å². The molecule has 2 aromatic rings. The summed E-state index contributed by atoms with van der Waals surface area (Å²) < 4.78 is 30.5. The van der Waals surface area contributed by atoms with Crippen LogP contribution in [0.15, 0.2) is 57.5 Å². The van der Waals surface area contributed by atoms with Crippen LogP contribution >= 0.6 is 0 Å². The van der Waals surface area contributed by atoms with Gasteiger partial charge in [0.2, 0.25) is 5.43 Å². The van der Waals surface area contributed by atoms with Gasteiger partial charge in [0.05, 0.1) is 46.9 Å². The Hall–Kier alpha value is -5.97. The molecule has 0 saturated carbocycles. The molecule has 4 bridgehead atoms. The minimum Gasteiger partial charge on any atom is -0.507 e. The number of phenols is 1. The number of nitrogens with one attached hydrogen (secondary N) is 1. The van der Waals surface area contributed by atoms with Crippen molar-refractivity contribution in [2.45, 2.75) is 85.6 Å². The summed E-state index contributed by atoms with van der Waals surface area (Å²) >= 11 is 0. The van der Waals surface area contributed by atoms with Gasteiger partial charge in [-0.2, -0.15) is 0 Å². The number of allylic oxidation sites excluding steroid dienone is 2. The lowest BCUT2D eigenvalue weighted by molar-refractivity contribution is -0.160. The Morgan fingerprint density at radius 2 is 1.62 bits per heavy atom. The summed E-state index contributed by atoms with van der Waals surface area (Å²) in [6, 6.07) is 3.66. The summed E-state index contributed by atoms with van der Waals surface area (Å²) in [4.78, 5) is 65.1. The van der Waals surface area contributed by atoms with Crippen LogP contribution in [0, 0.1) is 30.6 Å². The zero-order valence-electron chi connectivity index (χ0n) is 37.4. The normalized spacial score (nSPS) is 30.1. The molecule has 2 aromatic carbocycles. The van der Waals surface area contributed by atoms with Crippen molar-refractivity contribution < 1.29 is 53.1 Å². The number of ketones is 1. The Morgan fingerprint density at radius 1 is 0.952 bits per heavy atom. The van der Waals surface area contributed by atoms with E-state index in [-0.39, 0.29) is 50.4 Å². The lowest BCUT2D eigenvalue weighted by atomic mass is 9.78. The van der Waals surface area contributed by atoms with Gasteiger partial charge in [0, 0.05) is 94.4 Å². The van der Waals surface area contributed by atoms with E-state index < -0.39 is 82.7 Å². The lowest BCUT2D eigenvalue weighted by Crippen LogP contribution is -2.46. The molecule has 7 rings (SSSR count). The Morgan fingerprint density at radius 3 is 2.27 bits per heavy atom. The van der Waals surface area contributed by atoms with Crippen molar-refractivity contribution in [2.24, 2.45) is 23.7 Å². The molecule has 0 aromatic heterocycles. The zero-order valence-corrected chi connectivity index (χ0v) is 37.4. The van der Waals surface area contributed by atoms with E-state index in [2.05, 4.69) is 15.1 Å². The predicted octanol–water partition coefficient (Wildman–Crippen LogP) is 5.84. The summed E-state index contributed by atoms with van der Waals surface area (Å²) in [5.41, 5.74) is 1.46. The molecular formula is C47H56N4O12. The van der Waals surface area contributed by atoms with Gasteiger partial charge in [-0.05, 0) is 26.0 Å². The van der Waals surface area contributed by atoms with Crippen LogP contribution < -0.4 is 25.3 Å². The number of ether oxygens (including phenoxy) is 4. The number of Topliss-reactive ketones (excluding diaryl/α,β-unsaturated/α-hetero) is 1. The van der Waals surface area contributed by atoms with Gasteiger partial charge in [-0.25, -0.2) is 4.98 Å². The number of benzene rings is 3. The molecule has 4 aliphatic heterocycles. The summed E-state index contributed by atoms with van der Waals surface area (Å²) in [7, 11) is 5.37. The number of aromatic nitrogens is 1. The number of carbonyl (C=O) groups excluding carboxylic acids is 3. The van der Waals surface area contributed by atoms with Crippen LogP contribution in [0.3, 0.4) is 0 Å². The molecule has 0 spiro atoms. The summed E-state index contributed by atoms with van der Waals surface area (Å²) in [6.45, 7) is 14.2. The van der Waals surface area contributed by atoms with Crippen molar-refractivity contribution in [3.63, 3.8) is 0 Å². The number of hydrogen-bond acceptors (Lipinski definition) is 15. The highest BCUT2D eigenvalue weighted by Crippen LogP contribution is 2.51. The molecule has 0 unspecified atom stereocenters. The molecule has 1 aliphatic carbocycles. The SMILES string of the molecule is CO[C@H]1/C=C/O[C@@]2(C)Oc3c(C)c(O)c4c(=O)c(c5oc6cc7c(cc6nc-5c4c3C2=O)N(C)CCN7C)NC(=O)/C(C)=C\C=C\[C@H](C)[C@H](O)[C@@H](C)[C@@H](O)[C@@H](C)[C@H](OC(C)=O)[C@@H]1C. The Labute approximate surface area is 365 Å². The predicted molar refractivity (Wildman–Crippen MR) is 237 cm³/mol. The number of aliphatic hydroxyl groups is 2. The van der Waals surface area contributed by atoms with E-state index in [0.717, 1.165) is 24.5 Å². The topological polar surface area (TPSA) is 210 Å². The molecule has 0 saturated heterocycles. The average molecular weight is 869 g/mol. The Kier molecular flexibility index (Phi) is 12.1. The van der Waals surface area contributed by atoms with Crippen molar-refractivity contribution in [1.82, 2.24) is 4.98 Å². The number of amides is 1. The van der Waals surface area contributed by atoms with E-state index in [0.29, 0.717) is 11.1 Å². The van der Waals surface area contributed by atoms with E-state index in [1.54, 1.807) is 46.8 Å². The van der Waals surface area contributed by atoms with Crippen LogP contribution in [0.25, 0.3) is 33.3 Å². The van der Waals surface area contributed by atoms with Crippen LogP contribution in [0.5, 0.6) is 11.5 Å². The van der Waals surface area contributed by atoms with Gasteiger partial charge < -0.3 is 53.8 Å². The maximum atomic E-state index is 14.8. The van der Waals surface area contributed by atoms with Gasteiger partial charge in [0.15, 0.2) is 11.3 Å². The minimum atomic E-state index is -2.03. The number of anilines is 3. The van der Waals surface area contributed by atoms with E-state index in [1.807, 2.05) is 26.2 Å². The highest BCUT2D eigenvalue weighted by atomic mass is 16.7. The molecule has 0 fully saturated rings. The third-order valence-electron chi connectivity index (χ3n) is 13.0. The molecule has 4 N–H and O–H groups in total. The number of aromatic hydroxyl groups is 1. The van der Waals surface area contributed by atoms with Gasteiger partial charge in [-0.3, -0.25) is 19.2 Å². The van der Waals surface area contributed by atoms with Crippen molar-refractivity contribution in [2.75, 3.05) is 49.4 Å². The molecule has 336 valence electrons. The highest BCUT2D eigenvalue weighted by Gasteiger charge is 2.50. The number of hydrogen-bond donors (Lipinski definition) is 4. The summed E-state index contributed by atoms with van der Waals surface area (Å²) in [6.07, 6.45) is 3.67. The Bertz CT molecular complexity index is 2630. The second kappa shape index (κ2) is 17.0. The largest absolute Gasteiger partial charge is 0.507 e. The first-order valence-electron chi connectivity index (χ1n) is 21.1. The number of fused-ring (bicyclic) bond motifs is 3. The number of carbonyl (C=O) groups is 3. The maximum Gasteiger partial charge on any atom is 0.312 e. The second-order valence-corrected chi connectivity index (χ2v) is 17.4. The average Bonchev–Trinajstić information content (AvgIpc) is 3.51. The molecule has 63 heavy (non-hydrogen) atoms. The van der Waals surface area contributed by atoms with Gasteiger partial charge in [0.1, 0.15) is 34.5 Å². The molecule has 5 aliphatic rings. The second-order valence-electron chi connectivity index (χ2n) is 17.4. The number of rotatable bonds is 2. The van der Waals surface area contributed by atoms with E-state index in [4.69, 9.17) is 28.3 Å². The van der Waals surface area contributed by atoms with Crippen LogP contribution in [0.2, 0.25) is 0 Å². The molecule has 16 heteroatoms. The van der Waals surface area contributed by atoms with Crippen LogP contribution in [0.4, 0.5) is 17.1 Å². The first-order chi connectivity index (χ1) is 29.7. The number of phenolic OH excluding ortho intramolecular Hbond substituents is 1. The van der Waals surface area contributed by atoms with E-state index in [1.165, 1.54) is 46.3 Å². The minimum absolute atomic E-state index is 0.0106. The maximum absolute atomic E-state index is 14.8. The smallest absolute Gasteiger partial charge is 0.312 e. The first kappa shape index (κ1) is 45.1. The molecule has 1 amide bonds. The number of likely N-dealkylation sites (N-methyl/N-ethyl adjacent to an activating group) is 2. The molecule has 16 nitrogen and oxygen atoms in total. The van der Waals surface area contributed by atoms with Crippen LogP contribution in [-0.2, 0) is 23.8 Å². The van der Waals surface area contributed by atoms with Crippen molar-refractivity contribution >= 4 is 56.6 Å². The standard InChI is InChI=1S/C47H56N4O12/c1-21-13-12-14-22(2)46(58)49-37-41(56)34-33(36-44(37)62-32-20-30-29(19-28(32)48-36)50(9)16-17-51(30)10)35-43(26(6)40(34)55)63-47(8,45(35)57)60-18-15-31(59-11)23(3)42(61-27(7)52)25(5)39(54)24(4)38(21)53/h12-15,18-21,23-25,31,38-39,42,53-55H,16-17H2,1-11H3,(H,49,58)/b13-12+,18-15+,22-14-/t21-,23+,24+,25+,31-,38-,39+,42+,47-/m0/s1. The highest BCUT2D eigenvalue weighted by molar-refractivity contribution is 6.22. The summed E-state index contributed by atoms with van der Waals surface area (Å²) in [5.74, 6) is -7.12. The lowest BCUT2D eigenvalue weighted by Gasteiger charge is -2.38. The molecule has 4 heterocycles. The quantitative estimate of drug-likeness (QED) is 0.106. The van der Waals surface area contributed by atoms with E-state index in [9.17, 15) is 34.5 Å². The molecule has 0 radical (unpaired) electrons. The van der Waals surface area contributed by atoms with Gasteiger partial charge in [-0.15, -0.1) is 0 Å². The summed E-state index contributed by atoms with van der Waals surface area (Å²) in [5, 5.41) is 37.2. The third-order valence-corrected chi connectivity index (χ3v) is 13.0. The number of methoxy groups -OCH3 is 1. The molecular weight excluding hydrogens is 813 g/mol. The number of esters is 1. The van der Waals surface area contributed by atoms with Crippen molar-refractivity contribution in [1.29, 1.82) is 0 Å².